The van der Waals surface area contributed by atoms with Gasteiger partial charge in [0.1, 0.15) is 6.29 Å². The van der Waals surface area contributed by atoms with Crippen LogP contribution in [0.3, 0.4) is 0 Å². The molecule has 0 heterocycles. The van der Waals surface area contributed by atoms with Crippen LogP contribution in [0, 0.1) is 5.92 Å². The van der Waals surface area contributed by atoms with Crippen LogP contribution in [0.15, 0.2) is 11.6 Å². The van der Waals surface area contributed by atoms with Crippen molar-refractivity contribution in [3.63, 3.8) is 0 Å². The van der Waals surface area contributed by atoms with E-state index in [4.69, 9.17) is 0 Å². The van der Waals surface area contributed by atoms with Gasteiger partial charge >= 0.3 is 0 Å². The second-order valence-corrected chi connectivity index (χ2v) is 3.15. The molecule has 0 aliphatic rings. The van der Waals surface area contributed by atoms with Gasteiger partial charge < -0.3 is 0 Å². The Kier molecular flexibility index (Phi) is 5.81. The molecule has 0 aromatic rings. The lowest BCUT2D eigenvalue weighted by Gasteiger charge is -2.03. The van der Waals surface area contributed by atoms with E-state index in [1.165, 1.54) is 19.3 Å². The van der Waals surface area contributed by atoms with Crippen LogP contribution < -0.4 is 0 Å². The standard InChI is InChI=1S/C10H18O/c1-4-5-6-9(2)7-10(3)8-11/h7-9H,4-6H2,1-3H3. The molecule has 1 atom stereocenters. The number of carbonyl (C=O) groups excluding carboxylic acids is 1. The summed E-state index contributed by atoms with van der Waals surface area (Å²) in [6, 6.07) is 0. The lowest BCUT2D eigenvalue weighted by molar-refractivity contribution is -0.104. The topological polar surface area (TPSA) is 17.1 Å². The number of rotatable bonds is 5. The highest BCUT2D eigenvalue weighted by Gasteiger charge is 1.96. The lowest BCUT2D eigenvalue weighted by Crippen LogP contribution is -1.91. The average Bonchev–Trinajstić information content (AvgIpc) is 2.00. The predicted molar refractivity (Wildman–Crippen MR) is 48.5 cm³/mol. The summed E-state index contributed by atoms with van der Waals surface area (Å²) in [7, 11) is 0. The van der Waals surface area contributed by atoms with Gasteiger partial charge in [0.25, 0.3) is 0 Å². The number of carbonyl (C=O) groups is 1. The van der Waals surface area contributed by atoms with Crippen molar-refractivity contribution in [3.8, 4) is 0 Å². The van der Waals surface area contributed by atoms with E-state index in [1.54, 1.807) is 0 Å². The van der Waals surface area contributed by atoms with E-state index < -0.39 is 0 Å². The molecule has 0 amide bonds. The van der Waals surface area contributed by atoms with Crippen LogP contribution >= 0.6 is 0 Å². The Labute approximate surface area is 69.5 Å². The minimum Gasteiger partial charge on any atom is -0.298 e. The van der Waals surface area contributed by atoms with Gasteiger partial charge in [-0.05, 0) is 24.8 Å². The molecular formula is C10H18O. The Bertz CT molecular complexity index is 136. The van der Waals surface area contributed by atoms with Crippen LogP contribution in [0.2, 0.25) is 0 Å². The third-order valence-corrected chi connectivity index (χ3v) is 1.75. The van der Waals surface area contributed by atoms with Crippen LogP contribution in [-0.4, -0.2) is 6.29 Å². The maximum absolute atomic E-state index is 10.2. The van der Waals surface area contributed by atoms with E-state index in [0.29, 0.717) is 5.92 Å². The first kappa shape index (κ1) is 10.4. The SMILES string of the molecule is CCCCC(C)C=C(C)C=O. The molecule has 0 fully saturated rings. The largest absolute Gasteiger partial charge is 0.298 e. The van der Waals surface area contributed by atoms with Crippen molar-refractivity contribution in [2.24, 2.45) is 5.92 Å². The summed E-state index contributed by atoms with van der Waals surface area (Å²) in [5.41, 5.74) is 0.855. The van der Waals surface area contributed by atoms with E-state index >= 15 is 0 Å². The van der Waals surface area contributed by atoms with Gasteiger partial charge in [0.05, 0.1) is 0 Å². The molecule has 64 valence electrons. The summed E-state index contributed by atoms with van der Waals surface area (Å²) in [5.74, 6) is 0.556. The summed E-state index contributed by atoms with van der Waals surface area (Å²) < 4.78 is 0. The molecule has 1 nitrogen and oxygen atoms in total. The Morgan fingerprint density at radius 3 is 2.64 bits per heavy atom. The van der Waals surface area contributed by atoms with E-state index in [0.717, 1.165) is 11.9 Å². The first-order valence-corrected chi connectivity index (χ1v) is 4.34. The van der Waals surface area contributed by atoms with Crippen molar-refractivity contribution in [2.45, 2.75) is 40.0 Å². The molecular weight excluding hydrogens is 136 g/mol. The van der Waals surface area contributed by atoms with Crippen LogP contribution in [0.25, 0.3) is 0 Å². The number of hydrogen-bond acceptors (Lipinski definition) is 1. The van der Waals surface area contributed by atoms with Gasteiger partial charge in [-0.1, -0.05) is 32.8 Å². The molecule has 0 rings (SSSR count). The molecule has 1 heteroatoms. The van der Waals surface area contributed by atoms with Crippen molar-refractivity contribution in [1.82, 2.24) is 0 Å². The highest BCUT2D eigenvalue weighted by molar-refractivity contribution is 5.72. The first-order valence-electron chi connectivity index (χ1n) is 4.34. The van der Waals surface area contributed by atoms with Gasteiger partial charge in [-0.15, -0.1) is 0 Å². The Morgan fingerprint density at radius 2 is 2.18 bits per heavy atom. The minimum atomic E-state index is 0.556. The van der Waals surface area contributed by atoms with Crippen LogP contribution in [0.4, 0.5) is 0 Å². The summed E-state index contributed by atoms with van der Waals surface area (Å²) >= 11 is 0. The zero-order valence-corrected chi connectivity index (χ0v) is 7.76. The molecule has 0 radical (unpaired) electrons. The molecule has 0 aromatic heterocycles. The van der Waals surface area contributed by atoms with Crippen molar-refractivity contribution >= 4 is 6.29 Å². The van der Waals surface area contributed by atoms with Crippen molar-refractivity contribution < 1.29 is 4.79 Å². The molecule has 0 bridgehead atoms. The molecule has 0 saturated heterocycles. The fourth-order valence-corrected chi connectivity index (χ4v) is 1.10. The third kappa shape index (κ3) is 5.84. The van der Waals surface area contributed by atoms with Gasteiger partial charge in [-0.3, -0.25) is 4.79 Å². The van der Waals surface area contributed by atoms with Crippen molar-refractivity contribution in [3.05, 3.63) is 11.6 Å². The van der Waals surface area contributed by atoms with Gasteiger partial charge in [0, 0.05) is 0 Å². The number of hydrogen-bond donors (Lipinski definition) is 0. The number of aldehydes is 1. The fraction of sp³-hybridized carbons (Fsp3) is 0.700. The molecule has 0 aliphatic heterocycles. The molecule has 0 aliphatic carbocycles. The minimum absolute atomic E-state index is 0.556. The summed E-state index contributed by atoms with van der Waals surface area (Å²) in [4.78, 5) is 10.2. The first-order chi connectivity index (χ1) is 5.20. The molecule has 1 unspecified atom stereocenters. The zero-order chi connectivity index (χ0) is 8.69. The molecule has 0 spiro atoms. The highest BCUT2D eigenvalue weighted by Crippen LogP contribution is 2.10. The van der Waals surface area contributed by atoms with Gasteiger partial charge in [0.15, 0.2) is 0 Å². The van der Waals surface area contributed by atoms with Crippen LogP contribution in [-0.2, 0) is 4.79 Å². The quantitative estimate of drug-likeness (QED) is 0.439. The van der Waals surface area contributed by atoms with Crippen LogP contribution in [0.5, 0.6) is 0 Å². The maximum atomic E-state index is 10.2. The van der Waals surface area contributed by atoms with Gasteiger partial charge in [-0.2, -0.15) is 0 Å². The maximum Gasteiger partial charge on any atom is 0.145 e. The normalized spacial score (nSPS) is 14.6. The summed E-state index contributed by atoms with van der Waals surface area (Å²) in [6.07, 6.45) is 6.65. The number of unbranched alkanes of at least 4 members (excludes halogenated alkanes) is 1. The predicted octanol–water partition coefficient (Wildman–Crippen LogP) is 2.96. The van der Waals surface area contributed by atoms with Crippen LogP contribution in [0.1, 0.15) is 40.0 Å². The smallest absolute Gasteiger partial charge is 0.145 e. The van der Waals surface area contributed by atoms with E-state index in [1.807, 2.05) is 13.0 Å². The third-order valence-electron chi connectivity index (χ3n) is 1.75. The van der Waals surface area contributed by atoms with Gasteiger partial charge in [0.2, 0.25) is 0 Å². The molecule has 0 saturated carbocycles. The Morgan fingerprint density at radius 1 is 1.55 bits per heavy atom. The molecule has 11 heavy (non-hydrogen) atoms. The molecule has 0 aromatic carbocycles. The van der Waals surface area contributed by atoms with E-state index in [2.05, 4.69) is 13.8 Å². The summed E-state index contributed by atoms with van der Waals surface area (Å²) in [5, 5.41) is 0. The molecule has 0 N–H and O–H groups in total. The monoisotopic (exact) mass is 154 g/mol. The summed E-state index contributed by atoms with van der Waals surface area (Å²) in [6.45, 7) is 6.20. The highest BCUT2D eigenvalue weighted by atomic mass is 16.1. The zero-order valence-electron chi connectivity index (χ0n) is 7.76. The fourth-order valence-electron chi connectivity index (χ4n) is 1.10. The Hall–Kier alpha value is -0.590. The average molecular weight is 154 g/mol. The Balaban J connectivity index is 3.66. The lowest BCUT2D eigenvalue weighted by atomic mass is 10.0. The van der Waals surface area contributed by atoms with E-state index in [9.17, 15) is 4.79 Å². The van der Waals surface area contributed by atoms with Crippen molar-refractivity contribution in [1.29, 1.82) is 0 Å². The number of allylic oxidation sites excluding steroid dienone is 2. The second-order valence-electron chi connectivity index (χ2n) is 3.15. The second kappa shape index (κ2) is 6.14. The van der Waals surface area contributed by atoms with E-state index in [-0.39, 0.29) is 0 Å². The van der Waals surface area contributed by atoms with Crippen molar-refractivity contribution in [2.75, 3.05) is 0 Å². The van der Waals surface area contributed by atoms with Gasteiger partial charge in [-0.25, -0.2) is 0 Å².